The second kappa shape index (κ2) is 7.23. The van der Waals surface area contributed by atoms with Gasteiger partial charge in [0.25, 0.3) is 0 Å². The van der Waals surface area contributed by atoms with Gasteiger partial charge in [0.15, 0.2) is 0 Å². The van der Waals surface area contributed by atoms with E-state index in [0.29, 0.717) is 6.54 Å². The van der Waals surface area contributed by atoms with Crippen molar-refractivity contribution in [3.05, 3.63) is 56.7 Å². The molecule has 0 aliphatic heterocycles. The first-order chi connectivity index (χ1) is 9.61. The van der Waals surface area contributed by atoms with Gasteiger partial charge in [0, 0.05) is 29.0 Å². The molecule has 1 heterocycles. The Labute approximate surface area is 130 Å². The minimum Gasteiger partial charge on any atom is -0.329 e. The first kappa shape index (κ1) is 15.5. The number of nitrogens with two attached hydrogens (primary N) is 1. The molecule has 0 bridgehead atoms. The number of benzene rings is 1. The molecule has 0 spiro atoms. The zero-order chi connectivity index (χ0) is 14.5. The Morgan fingerprint density at radius 2 is 2.15 bits per heavy atom. The van der Waals surface area contributed by atoms with Crippen LogP contribution in [0.25, 0.3) is 0 Å². The van der Waals surface area contributed by atoms with Gasteiger partial charge in [0.1, 0.15) is 0 Å². The average Bonchev–Trinajstić information content (AvgIpc) is 2.93. The zero-order valence-electron chi connectivity index (χ0n) is 12.0. The number of aryl methyl sites for hydroxylation is 1. The summed E-state index contributed by atoms with van der Waals surface area (Å²) in [5.74, 6) is 0. The lowest BCUT2D eigenvalue weighted by Gasteiger charge is -2.28. The van der Waals surface area contributed by atoms with Crippen molar-refractivity contribution in [3.8, 4) is 0 Å². The molecule has 2 nitrogen and oxygen atoms in total. The van der Waals surface area contributed by atoms with Gasteiger partial charge in [0.05, 0.1) is 0 Å². The number of halogens is 1. The van der Waals surface area contributed by atoms with Crippen molar-refractivity contribution in [2.24, 2.45) is 5.73 Å². The molecule has 0 saturated heterocycles. The monoisotopic (exact) mass is 308 g/mol. The Kier molecular flexibility index (Phi) is 5.61. The lowest BCUT2D eigenvalue weighted by molar-refractivity contribution is 0.253. The standard InChI is InChI=1S/C16H21ClN2S/c1-12-10-13(17)5-6-15(12)16(11-18)19(2)8-7-14-4-3-9-20-14/h3-6,9-10,16H,7-8,11,18H2,1-2H3. The fraction of sp³-hybridized carbons (Fsp3) is 0.375. The number of likely N-dealkylation sites (N-methyl/N-ethyl adjacent to an activating group) is 1. The minimum absolute atomic E-state index is 0.243. The van der Waals surface area contributed by atoms with Gasteiger partial charge >= 0.3 is 0 Å². The van der Waals surface area contributed by atoms with E-state index in [1.165, 1.54) is 16.0 Å². The average molecular weight is 309 g/mol. The molecule has 20 heavy (non-hydrogen) atoms. The lowest BCUT2D eigenvalue weighted by Crippen LogP contribution is -2.32. The molecule has 2 rings (SSSR count). The summed E-state index contributed by atoms with van der Waals surface area (Å²) in [7, 11) is 2.14. The highest BCUT2D eigenvalue weighted by Gasteiger charge is 2.17. The maximum atomic E-state index is 6.03. The molecule has 4 heteroatoms. The first-order valence-electron chi connectivity index (χ1n) is 6.80. The first-order valence-corrected chi connectivity index (χ1v) is 8.06. The van der Waals surface area contributed by atoms with Crippen LogP contribution >= 0.6 is 22.9 Å². The van der Waals surface area contributed by atoms with E-state index in [0.717, 1.165) is 18.0 Å². The smallest absolute Gasteiger partial charge is 0.0470 e. The van der Waals surface area contributed by atoms with Crippen LogP contribution in [0.3, 0.4) is 0 Å². The Bertz CT molecular complexity index is 539. The molecule has 1 unspecified atom stereocenters. The fourth-order valence-corrected chi connectivity index (χ4v) is 3.38. The van der Waals surface area contributed by atoms with Gasteiger partial charge in [-0.3, -0.25) is 4.90 Å². The van der Waals surface area contributed by atoms with Gasteiger partial charge in [-0.05, 0) is 55.1 Å². The highest BCUT2D eigenvalue weighted by atomic mass is 35.5. The summed E-state index contributed by atoms with van der Waals surface area (Å²) in [6, 6.07) is 10.6. The SMILES string of the molecule is Cc1cc(Cl)ccc1C(CN)N(C)CCc1cccs1. The van der Waals surface area contributed by atoms with Gasteiger partial charge in [-0.2, -0.15) is 0 Å². The second-order valence-electron chi connectivity index (χ2n) is 5.06. The number of hydrogen-bond acceptors (Lipinski definition) is 3. The molecule has 1 aromatic carbocycles. The molecular weight excluding hydrogens is 288 g/mol. The maximum absolute atomic E-state index is 6.03. The Hall–Kier alpha value is -0.870. The van der Waals surface area contributed by atoms with Gasteiger partial charge in [-0.1, -0.05) is 23.7 Å². The molecule has 108 valence electrons. The quantitative estimate of drug-likeness (QED) is 0.877. The highest BCUT2D eigenvalue weighted by molar-refractivity contribution is 7.09. The number of thiophene rings is 1. The molecule has 2 N–H and O–H groups in total. The van der Waals surface area contributed by atoms with Crippen molar-refractivity contribution < 1.29 is 0 Å². The third-order valence-electron chi connectivity index (χ3n) is 3.64. The van der Waals surface area contributed by atoms with Crippen molar-refractivity contribution in [2.45, 2.75) is 19.4 Å². The van der Waals surface area contributed by atoms with Crippen molar-refractivity contribution >= 4 is 22.9 Å². The summed E-state index contributed by atoms with van der Waals surface area (Å²) in [6.07, 6.45) is 1.07. The molecule has 0 radical (unpaired) electrons. The molecule has 0 amide bonds. The van der Waals surface area contributed by atoms with Gasteiger partial charge in [-0.15, -0.1) is 11.3 Å². The third-order valence-corrected chi connectivity index (χ3v) is 4.81. The van der Waals surface area contributed by atoms with Crippen molar-refractivity contribution in [3.63, 3.8) is 0 Å². The van der Waals surface area contributed by atoms with E-state index in [4.69, 9.17) is 17.3 Å². The molecular formula is C16H21ClN2S. The van der Waals surface area contributed by atoms with E-state index in [-0.39, 0.29) is 6.04 Å². The Morgan fingerprint density at radius 3 is 2.75 bits per heavy atom. The van der Waals surface area contributed by atoms with Crippen LogP contribution in [0.4, 0.5) is 0 Å². The third kappa shape index (κ3) is 3.83. The van der Waals surface area contributed by atoms with Crippen molar-refractivity contribution in [2.75, 3.05) is 20.1 Å². The summed E-state index contributed by atoms with van der Waals surface area (Å²) >= 11 is 7.84. The van der Waals surface area contributed by atoms with Crippen LogP contribution in [0, 0.1) is 6.92 Å². The molecule has 1 aromatic heterocycles. The van der Waals surface area contributed by atoms with E-state index in [2.05, 4.69) is 42.5 Å². The van der Waals surface area contributed by atoms with Crippen molar-refractivity contribution in [1.82, 2.24) is 4.90 Å². The van der Waals surface area contributed by atoms with Gasteiger partial charge < -0.3 is 5.73 Å². The maximum Gasteiger partial charge on any atom is 0.0470 e. The van der Waals surface area contributed by atoms with E-state index in [9.17, 15) is 0 Å². The molecule has 2 aromatic rings. The summed E-state index contributed by atoms with van der Waals surface area (Å²) in [4.78, 5) is 3.75. The van der Waals surface area contributed by atoms with Crippen LogP contribution < -0.4 is 5.73 Å². The normalized spacial score (nSPS) is 12.8. The van der Waals surface area contributed by atoms with Crippen LogP contribution in [0.15, 0.2) is 35.7 Å². The van der Waals surface area contributed by atoms with Crippen LogP contribution in [-0.2, 0) is 6.42 Å². The minimum atomic E-state index is 0.243. The molecule has 0 fully saturated rings. The predicted molar refractivity (Wildman–Crippen MR) is 88.6 cm³/mol. The predicted octanol–water partition coefficient (Wildman–Crippen LogP) is 3.88. The number of rotatable bonds is 6. The largest absolute Gasteiger partial charge is 0.329 e. The van der Waals surface area contributed by atoms with E-state index < -0.39 is 0 Å². The van der Waals surface area contributed by atoms with Crippen LogP contribution in [0.1, 0.15) is 22.0 Å². The Balaban J connectivity index is 2.06. The number of hydrogen-bond donors (Lipinski definition) is 1. The summed E-state index contributed by atoms with van der Waals surface area (Å²) in [5.41, 5.74) is 8.46. The fourth-order valence-electron chi connectivity index (χ4n) is 2.45. The van der Waals surface area contributed by atoms with E-state index in [1.807, 2.05) is 23.5 Å². The molecule has 1 atom stereocenters. The van der Waals surface area contributed by atoms with Gasteiger partial charge in [0.2, 0.25) is 0 Å². The lowest BCUT2D eigenvalue weighted by atomic mass is 10.00. The zero-order valence-corrected chi connectivity index (χ0v) is 13.5. The van der Waals surface area contributed by atoms with Crippen LogP contribution in [0.5, 0.6) is 0 Å². The van der Waals surface area contributed by atoms with Crippen molar-refractivity contribution in [1.29, 1.82) is 0 Å². The highest BCUT2D eigenvalue weighted by Crippen LogP contribution is 2.25. The Morgan fingerprint density at radius 1 is 1.35 bits per heavy atom. The molecule has 0 aliphatic carbocycles. The molecule has 0 aliphatic rings. The summed E-state index contributed by atoms with van der Waals surface area (Å²) in [5, 5.41) is 2.90. The van der Waals surface area contributed by atoms with Crippen LogP contribution in [-0.4, -0.2) is 25.0 Å². The second-order valence-corrected chi connectivity index (χ2v) is 6.53. The van der Waals surface area contributed by atoms with Crippen LogP contribution in [0.2, 0.25) is 5.02 Å². The molecule has 0 saturated carbocycles. The van der Waals surface area contributed by atoms with Gasteiger partial charge in [-0.25, -0.2) is 0 Å². The van der Waals surface area contributed by atoms with E-state index in [1.54, 1.807) is 0 Å². The topological polar surface area (TPSA) is 29.3 Å². The van der Waals surface area contributed by atoms with E-state index >= 15 is 0 Å². The number of nitrogens with zero attached hydrogens (tertiary/aromatic N) is 1. The summed E-state index contributed by atoms with van der Waals surface area (Å²) in [6.45, 7) is 3.71. The summed E-state index contributed by atoms with van der Waals surface area (Å²) < 4.78 is 0.